The van der Waals surface area contributed by atoms with E-state index in [9.17, 15) is 0 Å². The summed E-state index contributed by atoms with van der Waals surface area (Å²) in [5.74, 6) is 2.37. The second kappa shape index (κ2) is 5.37. The van der Waals surface area contributed by atoms with Crippen molar-refractivity contribution in [2.75, 3.05) is 0 Å². The molecule has 0 aromatic carbocycles. The molecule has 20 heavy (non-hydrogen) atoms. The zero-order chi connectivity index (χ0) is 14.1. The molecule has 0 spiro atoms. The zero-order valence-electron chi connectivity index (χ0n) is 12.4. The van der Waals surface area contributed by atoms with Gasteiger partial charge in [-0.3, -0.25) is 4.57 Å². The van der Waals surface area contributed by atoms with Gasteiger partial charge in [-0.2, -0.15) is 0 Å². The molecular weight excluding hydrogens is 248 g/mol. The first-order valence-corrected chi connectivity index (χ1v) is 7.38. The molecule has 0 unspecified atom stereocenters. The normalized spacial score (nSPS) is 15.0. The molecule has 1 fully saturated rings. The van der Waals surface area contributed by atoms with E-state index in [0.29, 0.717) is 5.92 Å². The van der Waals surface area contributed by atoms with Crippen LogP contribution in [0.4, 0.5) is 0 Å². The Morgan fingerprint density at radius 3 is 2.75 bits per heavy atom. The van der Waals surface area contributed by atoms with E-state index in [1.807, 2.05) is 23.9 Å². The molecule has 2 aromatic heterocycles. The van der Waals surface area contributed by atoms with Gasteiger partial charge in [0.15, 0.2) is 0 Å². The van der Waals surface area contributed by atoms with Crippen LogP contribution < -0.4 is 5.32 Å². The summed E-state index contributed by atoms with van der Waals surface area (Å²) in [5, 5.41) is 3.57. The molecule has 1 saturated carbocycles. The van der Waals surface area contributed by atoms with Gasteiger partial charge in [0, 0.05) is 30.7 Å². The minimum absolute atomic E-state index is 0.429. The highest BCUT2D eigenvalue weighted by molar-refractivity contribution is 5.33. The van der Waals surface area contributed by atoms with E-state index in [-0.39, 0.29) is 0 Å². The van der Waals surface area contributed by atoms with E-state index in [1.54, 1.807) is 0 Å². The fraction of sp³-hybridized carbons (Fsp3) is 0.500. The third-order valence-corrected chi connectivity index (χ3v) is 3.73. The number of hydrogen-bond acceptors (Lipinski definition) is 3. The second-order valence-corrected chi connectivity index (χ2v) is 5.91. The van der Waals surface area contributed by atoms with E-state index < -0.39 is 0 Å². The lowest BCUT2D eigenvalue weighted by atomic mass is 10.1. The second-order valence-electron chi connectivity index (χ2n) is 5.91. The van der Waals surface area contributed by atoms with Gasteiger partial charge in [0.05, 0.1) is 0 Å². The average Bonchev–Trinajstić information content (AvgIpc) is 3.16. The Labute approximate surface area is 120 Å². The van der Waals surface area contributed by atoms with Crippen molar-refractivity contribution < 1.29 is 0 Å². The third-order valence-electron chi connectivity index (χ3n) is 3.73. The summed E-state index contributed by atoms with van der Waals surface area (Å²) in [5.41, 5.74) is 2.45. The maximum atomic E-state index is 4.77. The van der Waals surface area contributed by atoms with Crippen LogP contribution in [0, 0.1) is 6.92 Å². The van der Waals surface area contributed by atoms with Crippen molar-refractivity contribution in [2.24, 2.45) is 0 Å². The lowest BCUT2D eigenvalue weighted by molar-refractivity contribution is 0.682. The van der Waals surface area contributed by atoms with Gasteiger partial charge in [-0.15, -0.1) is 0 Å². The van der Waals surface area contributed by atoms with Gasteiger partial charge < -0.3 is 5.32 Å². The van der Waals surface area contributed by atoms with Gasteiger partial charge in [-0.25, -0.2) is 9.97 Å². The van der Waals surface area contributed by atoms with Crippen LogP contribution in [-0.2, 0) is 6.54 Å². The third kappa shape index (κ3) is 2.90. The number of rotatable bonds is 5. The van der Waals surface area contributed by atoms with Crippen LogP contribution in [0.1, 0.15) is 49.7 Å². The summed E-state index contributed by atoms with van der Waals surface area (Å²) in [6, 6.07) is 5.11. The van der Waals surface area contributed by atoms with Crippen molar-refractivity contribution in [3.8, 4) is 5.82 Å². The van der Waals surface area contributed by atoms with Gasteiger partial charge in [0.2, 0.25) is 0 Å². The molecule has 2 aromatic rings. The quantitative estimate of drug-likeness (QED) is 0.908. The molecule has 0 aliphatic heterocycles. The molecule has 1 aliphatic carbocycles. The highest BCUT2D eigenvalue weighted by atomic mass is 15.1. The molecule has 106 valence electrons. The summed E-state index contributed by atoms with van der Waals surface area (Å²) >= 11 is 0. The largest absolute Gasteiger partial charge is 0.310 e. The Bertz CT molecular complexity index is 596. The van der Waals surface area contributed by atoms with Gasteiger partial charge >= 0.3 is 0 Å². The molecule has 0 radical (unpaired) electrons. The van der Waals surface area contributed by atoms with E-state index in [0.717, 1.165) is 29.9 Å². The van der Waals surface area contributed by atoms with Crippen molar-refractivity contribution in [3.63, 3.8) is 0 Å². The number of aromatic nitrogens is 3. The minimum atomic E-state index is 0.429. The topological polar surface area (TPSA) is 42.7 Å². The summed E-state index contributed by atoms with van der Waals surface area (Å²) < 4.78 is 2.05. The van der Waals surface area contributed by atoms with Crippen molar-refractivity contribution in [1.29, 1.82) is 0 Å². The summed E-state index contributed by atoms with van der Waals surface area (Å²) in [4.78, 5) is 9.06. The number of hydrogen-bond donors (Lipinski definition) is 1. The first-order valence-electron chi connectivity index (χ1n) is 7.38. The van der Waals surface area contributed by atoms with E-state index in [4.69, 9.17) is 4.98 Å². The maximum Gasteiger partial charge on any atom is 0.138 e. The fourth-order valence-corrected chi connectivity index (χ4v) is 2.29. The Morgan fingerprint density at radius 2 is 2.15 bits per heavy atom. The number of nitrogens with zero attached hydrogens (tertiary/aromatic N) is 3. The lowest BCUT2D eigenvalue weighted by Gasteiger charge is -2.13. The van der Waals surface area contributed by atoms with E-state index in [2.05, 4.69) is 36.3 Å². The highest BCUT2D eigenvalue weighted by Gasteiger charge is 2.20. The van der Waals surface area contributed by atoms with Crippen molar-refractivity contribution >= 4 is 0 Å². The van der Waals surface area contributed by atoms with Gasteiger partial charge in [-0.1, -0.05) is 13.8 Å². The van der Waals surface area contributed by atoms with E-state index >= 15 is 0 Å². The molecule has 0 atom stereocenters. The molecule has 1 N–H and O–H groups in total. The summed E-state index contributed by atoms with van der Waals surface area (Å²) in [6.45, 7) is 7.30. The Hall–Kier alpha value is -1.68. The average molecular weight is 270 g/mol. The highest BCUT2D eigenvalue weighted by Crippen LogP contribution is 2.21. The number of nitrogens with one attached hydrogen (secondary N) is 1. The molecular formula is C16H22N4. The molecule has 4 heteroatoms. The lowest BCUT2D eigenvalue weighted by Crippen LogP contribution is -2.16. The summed E-state index contributed by atoms with van der Waals surface area (Å²) in [6.07, 6.45) is 6.42. The van der Waals surface area contributed by atoms with Gasteiger partial charge in [-0.05, 0) is 43.4 Å². The van der Waals surface area contributed by atoms with Crippen molar-refractivity contribution in [2.45, 2.75) is 52.1 Å². The Kier molecular flexibility index (Phi) is 3.57. The van der Waals surface area contributed by atoms with Crippen LogP contribution in [0.3, 0.4) is 0 Å². The molecule has 4 nitrogen and oxygen atoms in total. The maximum absolute atomic E-state index is 4.77. The minimum Gasteiger partial charge on any atom is -0.310 e. The number of pyridine rings is 1. The van der Waals surface area contributed by atoms with Crippen LogP contribution in [0.25, 0.3) is 5.82 Å². The van der Waals surface area contributed by atoms with Crippen LogP contribution in [0.5, 0.6) is 0 Å². The SMILES string of the molecule is Cc1nccn1-c1cc(CNC2CC2)cc(C(C)C)n1. The molecule has 0 saturated heterocycles. The van der Waals surface area contributed by atoms with Crippen LogP contribution >= 0.6 is 0 Å². The number of imidazole rings is 1. The zero-order valence-corrected chi connectivity index (χ0v) is 12.4. The first kappa shape index (κ1) is 13.3. The Balaban J connectivity index is 1.93. The van der Waals surface area contributed by atoms with Gasteiger partial charge in [0.1, 0.15) is 11.6 Å². The first-order chi connectivity index (χ1) is 9.63. The van der Waals surface area contributed by atoms with E-state index in [1.165, 1.54) is 18.4 Å². The van der Waals surface area contributed by atoms with Crippen molar-refractivity contribution in [1.82, 2.24) is 19.9 Å². The smallest absolute Gasteiger partial charge is 0.138 e. The molecule has 0 bridgehead atoms. The number of aryl methyl sites for hydroxylation is 1. The van der Waals surface area contributed by atoms with Crippen LogP contribution in [0.2, 0.25) is 0 Å². The molecule has 2 heterocycles. The Morgan fingerprint density at radius 1 is 1.35 bits per heavy atom. The van der Waals surface area contributed by atoms with Crippen LogP contribution in [0.15, 0.2) is 24.5 Å². The van der Waals surface area contributed by atoms with Gasteiger partial charge in [0.25, 0.3) is 0 Å². The van der Waals surface area contributed by atoms with Crippen molar-refractivity contribution in [3.05, 3.63) is 41.6 Å². The fourth-order valence-electron chi connectivity index (χ4n) is 2.29. The van der Waals surface area contributed by atoms with Crippen LogP contribution in [-0.4, -0.2) is 20.6 Å². The standard InChI is InChI=1S/C16H22N4/c1-11(2)15-8-13(10-18-14-4-5-14)9-16(19-15)20-7-6-17-12(20)3/h6-9,11,14,18H,4-5,10H2,1-3H3. The molecule has 3 rings (SSSR count). The predicted octanol–water partition coefficient (Wildman–Crippen LogP) is 2.95. The molecule has 1 aliphatic rings. The monoisotopic (exact) mass is 270 g/mol. The predicted molar refractivity (Wildman–Crippen MR) is 80.0 cm³/mol. The molecule has 0 amide bonds. The summed E-state index contributed by atoms with van der Waals surface area (Å²) in [7, 11) is 0.